The topological polar surface area (TPSA) is 70.1 Å². The van der Waals surface area contributed by atoms with Crippen LogP contribution in [0, 0.1) is 5.92 Å². The number of para-hydroxylation sites is 1. The second-order valence-corrected chi connectivity index (χ2v) is 8.23. The number of piperazine rings is 1. The van der Waals surface area contributed by atoms with Crippen LogP contribution in [-0.4, -0.2) is 53.3 Å². The molecular formula is C20H30N2O4. The van der Waals surface area contributed by atoms with E-state index < -0.39 is 11.6 Å². The van der Waals surface area contributed by atoms with E-state index in [1.54, 1.807) is 17.0 Å². The van der Waals surface area contributed by atoms with Crippen LogP contribution in [0.25, 0.3) is 0 Å². The Morgan fingerprint density at radius 2 is 1.88 bits per heavy atom. The van der Waals surface area contributed by atoms with Gasteiger partial charge in [0.15, 0.2) is 0 Å². The molecule has 1 saturated heterocycles. The summed E-state index contributed by atoms with van der Waals surface area (Å²) in [5.74, 6) is -0.503. The summed E-state index contributed by atoms with van der Waals surface area (Å²) in [5.41, 5.74) is 0.485. The minimum atomic E-state index is -0.932. The lowest BCUT2D eigenvalue weighted by atomic mass is 9.98. The molecule has 1 atom stereocenters. The number of rotatable bonds is 4. The normalized spacial score (nSPS) is 18.2. The molecule has 2 rings (SSSR count). The molecule has 1 aliphatic rings. The molecule has 6 nitrogen and oxygen atoms in total. The lowest BCUT2D eigenvalue weighted by molar-refractivity contribution is 0.0208. The standard InChI is InChI=1S/C20H30N2O4/c1-14(2)12-15-13-21(19(25)26-20(3,4)5)10-11-22(15)17-9-7-6-8-16(17)18(23)24/h6-9,14-15H,10-13H2,1-5H3,(H,23,24). The first kappa shape index (κ1) is 20.1. The number of aromatic carboxylic acids is 1. The predicted molar refractivity (Wildman–Crippen MR) is 102 cm³/mol. The van der Waals surface area contributed by atoms with Crippen molar-refractivity contribution >= 4 is 17.7 Å². The van der Waals surface area contributed by atoms with E-state index in [1.165, 1.54) is 0 Å². The predicted octanol–water partition coefficient (Wildman–Crippen LogP) is 3.86. The van der Waals surface area contributed by atoms with Crippen LogP contribution in [0.1, 0.15) is 51.4 Å². The van der Waals surface area contributed by atoms with Crippen molar-refractivity contribution < 1.29 is 19.4 Å². The molecule has 1 N–H and O–H groups in total. The van der Waals surface area contributed by atoms with Crippen molar-refractivity contribution in [2.24, 2.45) is 5.92 Å². The van der Waals surface area contributed by atoms with Crippen LogP contribution in [0.15, 0.2) is 24.3 Å². The van der Waals surface area contributed by atoms with Gasteiger partial charge in [0.2, 0.25) is 0 Å². The summed E-state index contributed by atoms with van der Waals surface area (Å²) >= 11 is 0. The van der Waals surface area contributed by atoms with Gasteiger partial charge in [-0.2, -0.15) is 0 Å². The Bertz CT molecular complexity index is 651. The van der Waals surface area contributed by atoms with Crippen molar-refractivity contribution in [3.8, 4) is 0 Å². The zero-order chi connectivity index (χ0) is 19.5. The van der Waals surface area contributed by atoms with Gasteiger partial charge in [-0.1, -0.05) is 26.0 Å². The van der Waals surface area contributed by atoms with Crippen molar-refractivity contribution in [2.75, 3.05) is 24.5 Å². The molecule has 0 saturated carbocycles. The number of carbonyl (C=O) groups excluding carboxylic acids is 1. The van der Waals surface area contributed by atoms with Gasteiger partial charge in [0.05, 0.1) is 11.3 Å². The number of anilines is 1. The Hall–Kier alpha value is -2.24. The third kappa shape index (κ3) is 5.13. The molecule has 1 aliphatic heterocycles. The molecule has 6 heteroatoms. The maximum atomic E-state index is 12.5. The fourth-order valence-electron chi connectivity index (χ4n) is 3.32. The van der Waals surface area contributed by atoms with Gasteiger partial charge in [-0.15, -0.1) is 0 Å². The van der Waals surface area contributed by atoms with E-state index in [1.807, 2.05) is 32.9 Å². The molecule has 1 aromatic carbocycles. The molecule has 1 unspecified atom stereocenters. The molecule has 0 bridgehead atoms. The van der Waals surface area contributed by atoms with Gasteiger partial charge >= 0.3 is 12.1 Å². The zero-order valence-corrected chi connectivity index (χ0v) is 16.4. The average molecular weight is 362 g/mol. The molecule has 144 valence electrons. The number of hydrogen-bond acceptors (Lipinski definition) is 4. The molecule has 1 fully saturated rings. The van der Waals surface area contributed by atoms with Gasteiger partial charge in [-0.3, -0.25) is 0 Å². The first-order chi connectivity index (χ1) is 12.1. The number of carbonyl (C=O) groups is 2. The van der Waals surface area contributed by atoms with Crippen LogP contribution in [-0.2, 0) is 4.74 Å². The monoisotopic (exact) mass is 362 g/mol. The van der Waals surface area contributed by atoms with E-state index in [2.05, 4.69) is 18.7 Å². The van der Waals surface area contributed by atoms with E-state index in [0.717, 1.165) is 12.1 Å². The summed E-state index contributed by atoms with van der Waals surface area (Å²) in [4.78, 5) is 27.9. The number of nitrogens with zero attached hydrogens (tertiary/aromatic N) is 2. The van der Waals surface area contributed by atoms with Crippen LogP contribution >= 0.6 is 0 Å². The Labute approximate surface area is 155 Å². The van der Waals surface area contributed by atoms with Gasteiger partial charge in [0, 0.05) is 25.7 Å². The largest absolute Gasteiger partial charge is 0.478 e. The highest BCUT2D eigenvalue weighted by atomic mass is 16.6. The zero-order valence-electron chi connectivity index (χ0n) is 16.4. The number of amides is 1. The van der Waals surface area contributed by atoms with Gasteiger partial charge in [-0.25, -0.2) is 9.59 Å². The Morgan fingerprint density at radius 3 is 2.46 bits per heavy atom. The molecule has 0 radical (unpaired) electrons. The van der Waals surface area contributed by atoms with Gasteiger partial charge in [0.25, 0.3) is 0 Å². The summed E-state index contributed by atoms with van der Waals surface area (Å²) in [7, 11) is 0. The summed E-state index contributed by atoms with van der Waals surface area (Å²) < 4.78 is 5.51. The van der Waals surface area contributed by atoms with Crippen LogP contribution in [0.5, 0.6) is 0 Å². The van der Waals surface area contributed by atoms with E-state index >= 15 is 0 Å². The first-order valence-corrected chi connectivity index (χ1v) is 9.15. The second kappa shape index (κ2) is 7.98. The molecule has 0 spiro atoms. The third-order valence-electron chi connectivity index (χ3n) is 4.32. The highest BCUT2D eigenvalue weighted by Crippen LogP contribution is 2.28. The number of benzene rings is 1. The molecular weight excluding hydrogens is 332 g/mol. The van der Waals surface area contributed by atoms with E-state index in [4.69, 9.17) is 4.74 Å². The van der Waals surface area contributed by atoms with Crippen molar-refractivity contribution in [1.29, 1.82) is 0 Å². The molecule has 1 heterocycles. The van der Waals surface area contributed by atoms with Crippen molar-refractivity contribution in [3.05, 3.63) is 29.8 Å². The van der Waals surface area contributed by atoms with Crippen LogP contribution in [0.4, 0.5) is 10.5 Å². The van der Waals surface area contributed by atoms with E-state index in [9.17, 15) is 14.7 Å². The summed E-state index contributed by atoms with van der Waals surface area (Å²) in [6, 6.07) is 7.12. The van der Waals surface area contributed by atoms with Crippen LogP contribution in [0.2, 0.25) is 0 Å². The molecule has 1 aromatic rings. The Kier molecular flexibility index (Phi) is 6.16. The van der Waals surface area contributed by atoms with Crippen molar-refractivity contribution in [1.82, 2.24) is 4.90 Å². The van der Waals surface area contributed by atoms with Crippen LogP contribution in [0.3, 0.4) is 0 Å². The van der Waals surface area contributed by atoms with Gasteiger partial charge in [0.1, 0.15) is 5.60 Å². The number of carboxylic acids is 1. The van der Waals surface area contributed by atoms with Crippen molar-refractivity contribution in [2.45, 2.75) is 52.7 Å². The fourth-order valence-corrected chi connectivity index (χ4v) is 3.32. The quantitative estimate of drug-likeness (QED) is 0.881. The van der Waals surface area contributed by atoms with Crippen LogP contribution < -0.4 is 4.90 Å². The Balaban J connectivity index is 2.24. The first-order valence-electron chi connectivity index (χ1n) is 9.15. The summed E-state index contributed by atoms with van der Waals surface area (Å²) in [6.45, 7) is 11.5. The van der Waals surface area contributed by atoms with Crippen molar-refractivity contribution in [3.63, 3.8) is 0 Å². The maximum absolute atomic E-state index is 12.5. The second-order valence-electron chi connectivity index (χ2n) is 8.23. The maximum Gasteiger partial charge on any atom is 0.410 e. The summed E-state index contributed by atoms with van der Waals surface area (Å²) in [6.07, 6.45) is 0.560. The molecule has 1 amide bonds. The SMILES string of the molecule is CC(C)CC1CN(C(=O)OC(C)(C)C)CCN1c1ccccc1C(=O)O. The number of ether oxygens (including phenoxy) is 1. The summed E-state index contributed by atoms with van der Waals surface area (Å²) in [5, 5.41) is 9.52. The minimum Gasteiger partial charge on any atom is -0.478 e. The van der Waals surface area contributed by atoms with E-state index in [-0.39, 0.29) is 12.1 Å². The molecule has 0 aliphatic carbocycles. The van der Waals surface area contributed by atoms with E-state index in [0.29, 0.717) is 31.1 Å². The minimum absolute atomic E-state index is 0.0526. The lowest BCUT2D eigenvalue weighted by Gasteiger charge is -2.44. The molecule has 26 heavy (non-hydrogen) atoms. The molecule has 0 aromatic heterocycles. The smallest absolute Gasteiger partial charge is 0.410 e. The van der Waals surface area contributed by atoms with Gasteiger partial charge < -0.3 is 19.6 Å². The average Bonchev–Trinajstić information content (AvgIpc) is 2.52. The highest BCUT2D eigenvalue weighted by Gasteiger charge is 2.33. The number of carboxylic acid groups (broad SMARTS) is 1. The fraction of sp³-hybridized carbons (Fsp3) is 0.600. The lowest BCUT2D eigenvalue weighted by Crippen LogP contribution is -2.56. The highest BCUT2D eigenvalue weighted by molar-refractivity contribution is 5.94. The van der Waals surface area contributed by atoms with Gasteiger partial charge in [-0.05, 0) is 45.2 Å². The Morgan fingerprint density at radius 1 is 1.23 bits per heavy atom. The number of hydrogen-bond donors (Lipinski definition) is 1. The third-order valence-corrected chi connectivity index (χ3v) is 4.32.